The largest absolute Gasteiger partial charge is 0.489 e. The van der Waals surface area contributed by atoms with Crippen LogP contribution in [0.5, 0.6) is 5.75 Å². The van der Waals surface area contributed by atoms with Crippen LogP contribution in [0.25, 0.3) is 0 Å². The van der Waals surface area contributed by atoms with Crippen molar-refractivity contribution in [3.63, 3.8) is 0 Å². The van der Waals surface area contributed by atoms with Crippen LogP contribution in [0.2, 0.25) is 0 Å². The third kappa shape index (κ3) is 5.10. The normalized spacial score (nSPS) is 14.4. The fraction of sp³-hybridized carbons (Fsp3) is 0.391. The lowest BCUT2D eigenvalue weighted by atomic mass is 9.89. The Balaban J connectivity index is 1.62. The number of benzene rings is 2. The number of ether oxygens (including phenoxy) is 1. The van der Waals surface area contributed by atoms with E-state index in [1.54, 1.807) is 12.1 Å². The van der Waals surface area contributed by atoms with Gasteiger partial charge in [-0.15, -0.1) is 0 Å². The molecule has 0 unspecified atom stereocenters. The Hall–Kier alpha value is -2.80. The molecule has 0 aromatic heterocycles. The minimum atomic E-state index is 0.0310. The summed E-state index contributed by atoms with van der Waals surface area (Å²) in [6.45, 7) is 1.12. The molecule has 2 aromatic rings. The van der Waals surface area contributed by atoms with Crippen molar-refractivity contribution >= 4 is 5.91 Å². The van der Waals surface area contributed by atoms with Crippen LogP contribution in [0.1, 0.15) is 53.6 Å². The number of amides is 1. The van der Waals surface area contributed by atoms with Crippen molar-refractivity contribution in [3.8, 4) is 11.8 Å². The van der Waals surface area contributed by atoms with E-state index in [0.29, 0.717) is 29.4 Å². The van der Waals surface area contributed by atoms with Crippen LogP contribution in [-0.2, 0) is 6.61 Å². The lowest BCUT2D eigenvalue weighted by Crippen LogP contribution is -2.32. The SMILES string of the molecule is CN(CC1CCCCC1)C(=O)c1cccc(OCc2ccccc2C#N)c1. The maximum atomic E-state index is 12.8. The van der Waals surface area contributed by atoms with Crippen molar-refractivity contribution in [3.05, 3.63) is 65.2 Å². The van der Waals surface area contributed by atoms with E-state index in [9.17, 15) is 10.1 Å². The third-order valence-electron chi connectivity index (χ3n) is 5.22. The quantitative estimate of drug-likeness (QED) is 0.742. The van der Waals surface area contributed by atoms with Crippen molar-refractivity contribution in [2.45, 2.75) is 38.7 Å². The number of hydrogen-bond donors (Lipinski definition) is 0. The number of nitriles is 1. The zero-order chi connectivity index (χ0) is 19.1. The van der Waals surface area contributed by atoms with Crippen LogP contribution < -0.4 is 4.74 Å². The van der Waals surface area contributed by atoms with E-state index < -0.39 is 0 Å². The average molecular weight is 362 g/mol. The summed E-state index contributed by atoms with van der Waals surface area (Å²) in [5, 5.41) is 9.17. The molecule has 3 rings (SSSR count). The standard InChI is InChI=1S/C23H26N2O2/c1-25(16-18-8-3-2-4-9-18)23(26)19-12-7-13-22(14-19)27-17-21-11-6-5-10-20(21)15-24/h5-7,10-14,18H,2-4,8-9,16-17H2,1H3. The highest BCUT2D eigenvalue weighted by Crippen LogP contribution is 2.25. The highest BCUT2D eigenvalue weighted by atomic mass is 16.5. The number of carbonyl (C=O) groups excluding carboxylic acids is 1. The highest BCUT2D eigenvalue weighted by molar-refractivity contribution is 5.94. The molecule has 0 atom stereocenters. The maximum absolute atomic E-state index is 12.8. The second-order valence-corrected chi connectivity index (χ2v) is 7.28. The molecule has 140 valence electrons. The number of carbonyl (C=O) groups is 1. The Labute approximate surface area is 161 Å². The van der Waals surface area contributed by atoms with Gasteiger partial charge in [0.15, 0.2) is 0 Å². The third-order valence-corrected chi connectivity index (χ3v) is 5.22. The van der Waals surface area contributed by atoms with E-state index in [0.717, 1.165) is 12.1 Å². The highest BCUT2D eigenvalue weighted by Gasteiger charge is 2.19. The van der Waals surface area contributed by atoms with Gasteiger partial charge in [-0.1, -0.05) is 43.5 Å². The van der Waals surface area contributed by atoms with Crippen molar-refractivity contribution in [1.29, 1.82) is 5.26 Å². The van der Waals surface area contributed by atoms with Crippen molar-refractivity contribution in [1.82, 2.24) is 4.90 Å². The molecule has 27 heavy (non-hydrogen) atoms. The molecule has 0 radical (unpaired) electrons. The smallest absolute Gasteiger partial charge is 0.253 e. The zero-order valence-electron chi connectivity index (χ0n) is 15.9. The van der Waals surface area contributed by atoms with Gasteiger partial charge in [-0.3, -0.25) is 4.79 Å². The van der Waals surface area contributed by atoms with Crippen molar-refractivity contribution in [2.24, 2.45) is 5.92 Å². The predicted molar refractivity (Wildman–Crippen MR) is 105 cm³/mol. The van der Waals surface area contributed by atoms with E-state index in [1.807, 2.05) is 48.3 Å². The van der Waals surface area contributed by atoms with E-state index in [4.69, 9.17) is 4.74 Å². The first-order chi connectivity index (χ1) is 13.2. The van der Waals surface area contributed by atoms with Gasteiger partial charge < -0.3 is 9.64 Å². The lowest BCUT2D eigenvalue weighted by Gasteiger charge is -2.27. The van der Waals surface area contributed by atoms with Crippen molar-refractivity contribution < 1.29 is 9.53 Å². The molecule has 0 saturated heterocycles. The van der Waals surface area contributed by atoms with Crippen LogP contribution in [0.15, 0.2) is 48.5 Å². The molecule has 0 bridgehead atoms. The average Bonchev–Trinajstić information content (AvgIpc) is 2.72. The van der Waals surface area contributed by atoms with Gasteiger partial charge in [0.25, 0.3) is 5.91 Å². The second kappa shape index (κ2) is 9.23. The first-order valence-corrected chi connectivity index (χ1v) is 9.63. The molecular formula is C23H26N2O2. The fourth-order valence-corrected chi connectivity index (χ4v) is 3.70. The van der Waals surface area contributed by atoms with Crippen molar-refractivity contribution in [2.75, 3.05) is 13.6 Å². The molecule has 1 fully saturated rings. The topological polar surface area (TPSA) is 53.3 Å². The van der Waals surface area contributed by atoms with Gasteiger partial charge in [0.05, 0.1) is 11.6 Å². The molecule has 2 aromatic carbocycles. The summed E-state index contributed by atoms with van der Waals surface area (Å²) in [7, 11) is 1.88. The number of rotatable bonds is 6. The minimum absolute atomic E-state index is 0.0310. The van der Waals surface area contributed by atoms with Gasteiger partial charge in [0.1, 0.15) is 12.4 Å². The van der Waals surface area contributed by atoms with Crippen LogP contribution in [-0.4, -0.2) is 24.4 Å². The molecule has 1 amide bonds. The summed E-state index contributed by atoms with van der Waals surface area (Å²) in [6, 6.07) is 16.9. The molecular weight excluding hydrogens is 336 g/mol. The van der Waals surface area contributed by atoms with Gasteiger partial charge in [0, 0.05) is 24.7 Å². The second-order valence-electron chi connectivity index (χ2n) is 7.28. The van der Waals surface area contributed by atoms with E-state index in [1.165, 1.54) is 32.1 Å². The number of hydrogen-bond acceptors (Lipinski definition) is 3. The first kappa shape index (κ1) is 19.0. The van der Waals surface area contributed by atoms with Gasteiger partial charge >= 0.3 is 0 Å². The van der Waals surface area contributed by atoms with Crippen LogP contribution in [0.4, 0.5) is 0 Å². The summed E-state index contributed by atoms with van der Waals surface area (Å²) in [5.74, 6) is 1.29. The fourth-order valence-electron chi connectivity index (χ4n) is 3.70. The van der Waals surface area contributed by atoms with E-state index in [-0.39, 0.29) is 5.91 Å². The number of nitrogens with zero attached hydrogens (tertiary/aromatic N) is 2. The molecule has 0 spiro atoms. The summed E-state index contributed by atoms with van der Waals surface area (Å²) in [6.07, 6.45) is 6.32. The Morgan fingerprint density at radius 2 is 1.93 bits per heavy atom. The molecule has 0 aliphatic heterocycles. The van der Waals surface area contributed by atoms with Crippen LogP contribution >= 0.6 is 0 Å². The van der Waals surface area contributed by atoms with Crippen LogP contribution in [0, 0.1) is 17.2 Å². The predicted octanol–water partition coefficient (Wildman–Crippen LogP) is 4.79. The maximum Gasteiger partial charge on any atom is 0.253 e. The Morgan fingerprint density at radius 1 is 1.15 bits per heavy atom. The van der Waals surface area contributed by atoms with Gasteiger partial charge in [-0.05, 0) is 43.0 Å². The van der Waals surface area contributed by atoms with Gasteiger partial charge in [-0.2, -0.15) is 5.26 Å². The molecule has 1 aliphatic carbocycles. The Bertz CT molecular complexity index is 819. The van der Waals surface area contributed by atoms with Gasteiger partial charge in [0.2, 0.25) is 0 Å². The lowest BCUT2D eigenvalue weighted by molar-refractivity contribution is 0.0760. The molecule has 1 saturated carbocycles. The monoisotopic (exact) mass is 362 g/mol. The van der Waals surface area contributed by atoms with Crippen LogP contribution in [0.3, 0.4) is 0 Å². The molecule has 4 heteroatoms. The summed E-state index contributed by atoms with van der Waals surface area (Å²) < 4.78 is 5.83. The summed E-state index contributed by atoms with van der Waals surface area (Å²) in [4.78, 5) is 14.6. The van der Waals surface area contributed by atoms with E-state index >= 15 is 0 Å². The molecule has 0 heterocycles. The minimum Gasteiger partial charge on any atom is -0.489 e. The zero-order valence-corrected chi connectivity index (χ0v) is 15.9. The Morgan fingerprint density at radius 3 is 2.70 bits per heavy atom. The van der Waals surface area contributed by atoms with Gasteiger partial charge in [-0.25, -0.2) is 0 Å². The molecule has 0 N–H and O–H groups in total. The Kier molecular flexibility index (Phi) is 6.49. The van der Waals surface area contributed by atoms with E-state index in [2.05, 4.69) is 6.07 Å². The summed E-state index contributed by atoms with van der Waals surface area (Å²) in [5.41, 5.74) is 2.09. The molecule has 4 nitrogen and oxygen atoms in total. The first-order valence-electron chi connectivity index (χ1n) is 9.63. The molecule has 1 aliphatic rings. The summed E-state index contributed by atoms with van der Waals surface area (Å²) >= 11 is 0.